The summed E-state index contributed by atoms with van der Waals surface area (Å²) >= 11 is 0. The highest BCUT2D eigenvalue weighted by Gasteiger charge is 2.27. The molecule has 0 fully saturated rings. The number of aryl methyl sites for hydroxylation is 1. The number of benzene rings is 2. The molecule has 2 aromatic rings. The van der Waals surface area contributed by atoms with Gasteiger partial charge in [-0.3, -0.25) is 14.9 Å². The molecule has 1 aliphatic rings. The van der Waals surface area contributed by atoms with Crippen molar-refractivity contribution in [3.63, 3.8) is 0 Å². The number of non-ortho nitro benzene ring substituents is 1. The van der Waals surface area contributed by atoms with Crippen LogP contribution < -0.4 is 4.90 Å². The van der Waals surface area contributed by atoms with E-state index in [0.717, 1.165) is 17.5 Å². The standard InChI is InChI=1S/C16H14N2O3/c1-11-3-2-4-13(9-11)16(19)17-8-7-12-5-6-14(18(20)21)10-15(12)17/h2-6,9-10H,7-8H2,1H3. The van der Waals surface area contributed by atoms with Gasteiger partial charge in [-0.15, -0.1) is 0 Å². The number of hydrogen-bond donors (Lipinski definition) is 0. The second kappa shape index (κ2) is 5.01. The van der Waals surface area contributed by atoms with Crippen molar-refractivity contribution in [1.82, 2.24) is 0 Å². The Morgan fingerprint density at radius 1 is 1.24 bits per heavy atom. The molecule has 21 heavy (non-hydrogen) atoms. The predicted octanol–water partition coefficient (Wildman–Crippen LogP) is 3.11. The van der Waals surface area contributed by atoms with E-state index in [1.165, 1.54) is 12.1 Å². The van der Waals surface area contributed by atoms with Gasteiger partial charge < -0.3 is 4.90 Å². The molecular formula is C16H14N2O3. The molecule has 3 rings (SSSR count). The van der Waals surface area contributed by atoms with Crippen molar-refractivity contribution in [2.45, 2.75) is 13.3 Å². The summed E-state index contributed by atoms with van der Waals surface area (Å²) < 4.78 is 0. The first-order chi connectivity index (χ1) is 10.1. The Hall–Kier alpha value is -2.69. The second-order valence-electron chi connectivity index (χ2n) is 5.15. The van der Waals surface area contributed by atoms with Crippen molar-refractivity contribution in [3.05, 3.63) is 69.3 Å². The van der Waals surface area contributed by atoms with Crippen LogP contribution in [-0.4, -0.2) is 17.4 Å². The van der Waals surface area contributed by atoms with Crippen LogP contribution >= 0.6 is 0 Å². The lowest BCUT2D eigenvalue weighted by atomic mass is 10.1. The van der Waals surface area contributed by atoms with Crippen molar-refractivity contribution in [3.8, 4) is 0 Å². The van der Waals surface area contributed by atoms with Crippen molar-refractivity contribution in [2.75, 3.05) is 11.4 Å². The van der Waals surface area contributed by atoms with Crippen LogP contribution in [0.15, 0.2) is 42.5 Å². The summed E-state index contributed by atoms with van der Waals surface area (Å²) in [6, 6.07) is 12.1. The van der Waals surface area contributed by atoms with Crippen molar-refractivity contribution in [1.29, 1.82) is 0 Å². The molecule has 0 spiro atoms. The Morgan fingerprint density at radius 2 is 2.05 bits per heavy atom. The van der Waals surface area contributed by atoms with E-state index in [0.29, 0.717) is 17.8 Å². The molecule has 106 valence electrons. The number of hydrogen-bond acceptors (Lipinski definition) is 3. The van der Waals surface area contributed by atoms with E-state index in [1.54, 1.807) is 17.0 Å². The fourth-order valence-electron chi connectivity index (χ4n) is 2.63. The van der Waals surface area contributed by atoms with Gasteiger partial charge in [0.05, 0.1) is 10.6 Å². The second-order valence-corrected chi connectivity index (χ2v) is 5.15. The molecule has 0 unspecified atom stereocenters. The first-order valence-electron chi connectivity index (χ1n) is 6.72. The van der Waals surface area contributed by atoms with E-state index >= 15 is 0 Å². The van der Waals surface area contributed by atoms with Crippen LogP contribution in [0.4, 0.5) is 11.4 Å². The molecule has 0 saturated heterocycles. The summed E-state index contributed by atoms with van der Waals surface area (Å²) in [5.41, 5.74) is 3.25. The van der Waals surface area contributed by atoms with Gasteiger partial charge in [-0.05, 0) is 31.0 Å². The minimum absolute atomic E-state index is 0.0118. The van der Waals surface area contributed by atoms with Crippen LogP contribution in [0.5, 0.6) is 0 Å². The zero-order chi connectivity index (χ0) is 15.0. The maximum absolute atomic E-state index is 12.6. The number of fused-ring (bicyclic) bond motifs is 1. The lowest BCUT2D eigenvalue weighted by molar-refractivity contribution is -0.384. The van der Waals surface area contributed by atoms with Crippen LogP contribution in [-0.2, 0) is 6.42 Å². The normalized spacial score (nSPS) is 13.1. The van der Waals surface area contributed by atoms with E-state index < -0.39 is 4.92 Å². The predicted molar refractivity (Wildman–Crippen MR) is 79.7 cm³/mol. The van der Waals surface area contributed by atoms with Crippen LogP contribution in [0, 0.1) is 17.0 Å². The Kier molecular flexibility index (Phi) is 3.17. The maximum Gasteiger partial charge on any atom is 0.271 e. The molecule has 0 saturated carbocycles. The molecule has 1 amide bonds. The van der Waals surface area contributed by atoms with Gasteiger partial charge in [-0.1, -0.05) is 23.8 Å². The van der Waals surface area contributed by atoms with Gasteiger partial charge in [-0.25, -0.2) is 0 Å². The average molecular weight is 282 g/mol. The minimum atomic E-state index is -0.437. The molecule has 0 aromatic heterocycles. The highest BCUT2D eigenvalue weighted by atomic mass is 16.6. The Morgan fingerprint density at radius 3 is 2.76 bits per heavy atom. The van der Waals surface area contributed by atoms with Gasteiger partial charge in [0.25, 0.3) is 11.6 Å². The summed E-state index contributed by atoms with van der Waals surface area (Å²) in [6.07, 6.45) is 0.727. The average Bonchev–Trinajstić information content (AvgIpc) is 2.89. The molecule has 0 N–H and O–H groups in total. The molecule has 2 aromatic carbocycles. The number of anilines is 1. The smallest absolute Gasteiger partial charge is 0.271 e. The Labute approximate surface area is 122 Å². The van der Waals surface area contributed by atoms with Gasteiger partial charge >= 0.3 is 0 Å². The molecule has 1 aliphatic heterocycles. The number of nitro groups is 1. The first-order valence-corrected chi connectivity index (χ1v) is 6.72. The molecule has 0 bridgehead atoms. The lowest BCUT2D eigenvalue weighted by Gasteiger charge is -2.17. The van der Waals surface area contributed by atoms with Gasteiger partial charge in [-0.2, -0.15) is 0 Å². The van der Waals surface area contributed by atoms with Crippen molar-refractivity contribution < 1.29 is 9.72 Å². The number of amides is 1. The molecule has 0 atom stereocenters. The van der Waals surface area contributed by atoms with E-state index in [-0.39, 0.29) is 11.6 Å². The van der Waals surface area contributed by atoms with Crippen molar-refractivity contribution >= 4 is 17.3 Å². The molecular weight excluding hydrogens is 268 g/mol. The van der Waals surface area contributed by atoms with Crippen LogP contribution in [0.3, 0.4) is 0 Å². The number of carbonyl (C=O) groups excluding carboxylic acids is 1. The maximum atomic E-state index is 12.6. The van der Waals surface area contributed by atoms with Crippen molar-refractivity contribution in [2.24, 2.45) is 0 Å². The van der Waals surface area contributed by atoms with Gasteiger partial charge in [0.1, 0.15) is 0 Å². The lowest BCUT2D eigenvalue weighted by Crippen LogP contribution is -2.28. The highest BCUT2D eigenvalue weighted by molar-refractivity contribution is 6.07. The van der Waals surface area contributed by atoms with Crippen LogP contribution in [0.2, 0.25) is 0 Å². The van der Waals surface area contributed by atoms with Crippen LogP contribution in [0.1, 0.15) is 21.5 Å². The van der Waals surface area contributed by atoms with E-state index in [1.807, 2.05) is 25.1 Å². The summed E-state index contributed by atoms with van der Waals surface area (Å²) in [7, 11) is 0. The zero-order valence-corrected chi connectivity index (χ0v) is 11.6. The topological polar surface area (TPSA) is 63.5 Å². The van der Waals surface area contributed by atoms with E-state index in [4.69, 9.17) is 0 Å². The first kappa shape index (κ1) is 13.3. The summed E-state index contributed by atoms with van der Waals surface area (Å²) in [4.78, 5) is 24.7. The van der Waals surface area contributed by atoms with Gasteiger partial charge in [0, 0.05) is 24.2 Å². The Bertz CT molecular complexity index is 740. The fraction of sp³-hybridized carbons (Fsp3) is 0.188. The van der Waals surface area contributed by atoms with E-state index in [9.17, 15) is 14.9 Å². The van der Waals surface area contributed by atoms with Gasteiger partial charge in [0.15, 0.2) is 0 Å². The number of nitro benzene ring substituents is 1. The molecule has 5 nitrogen and oxygen atoms in total. The third-order valence-electron chi connectivity index (χ3n) is 3.69. The minimum Gasteiger partial charge on any atom is -0.308 e. The van der Waals surface area contributed by atoms with Crippen LogP contribution in [0.25, 0.3) is 0 Å². The Balaban J connectivity index is 1.98. The molecule has 0 radical (unpaired) electrons. The molecule has 1 heterocycles. The highest BCUT2D eigenvalue weighted by Crippen LogP contribution is 2.32. The third-order valence-corrected chi connectivity index (χ3v) is 3.69. The fourth-order valence-corrected chi connectivity index (χ4v) is 2.63. The molecule has 0 aliphatic carbocycles. The summed E-state index contributed by atoms with van der Waals surface area (Å²) in [5.74, 6) is -0.113. The monoisotopic (exact) mass is 282 g/mol. The van der Waals surface area contributed by atoms with E-state index in [2.05, 4.69) is 0 Å². The molecule has 5 heteroatoms. The largest absolute Gasteiger partial charge is 0.308 e. The summed E-state index contributed by atoms with van der Waals surface area (Å²) in [6.45, 7) is 2.49. The third kappa shape index (κ3) is 2.38. The summed E-state index contributed by atoms with van der Waals surface area (Å²) in [5, 5.41) is 10.9. The van der Waals surface area contributed by atoms with Gasteiger partial charge in [0.2, 0.25) is 0 Å². The number of rotatable bonds is 2. The SMILES string of the molecule is Cc1cccc(C(=O)N2CCc3ccc([N+](=O)[O-])cc32)c1. The number of nitrogens with zero attached hydrogens (tertiary/aromatic N) is 2. The zero-order valence-electron chi connectivity index (χ0n) is 11.6. The number of carbonyl (C=O) groups is 1. The quantitative estimate of drug-likeness (QED) is 0.628.